The molecule has 0 radical (unpaired) electrons. The highest BCUT2D eigenvalue weighted by Crippen LogP contribution is 2.64. The Morgan fingerprint density at radius 3 is 1.50 bits per heavy atom. The van der Waals surface area contributed by atoms with Crippen LogP contribution in [0.25, 0.3) is 0 Å². The van der Waals surface area contributed by atoms with Crippen LogP contribution in [0.5, 0.6) is 0 Å². The monoisotopic (exact) mass is 462 g/mol. The van der Waals surface area contributed by atoms with Crippen molar-refractivity contribution in [2.45, 2.75) is 12.0 Å². The largest absolute Gasteiger partial charge is 0.342 e. The van der Waals surface area contributed by atoms with E-state index in [4.69, 9.17) is 4.52 Å². The summed E-state index contributed by atoms with van der Waals surface area (Å²) in [5.41, 5.74) is 1.23. The molecule has 4 aromatic rings. The topological polar surface area (TPSA) is 63.6 Å². The fourth-order valence-electron chi connectivity index (χ4n) is 3.57. The van der Waals surface area contributed by atoms with Gasteiger partial charge < -0.3 is 9.42 Å². The fourth-order valence-corrected chi connectivity index (χ4v) is 8.17. The summed E-state index contributed by atoms with van der Waals surface area (Å²) in [4.78, 5) is 11.2. The van der Waals surface area contributed by atoms with Crippen molar-refractivity contribution in [1.82, 2.24) is 0 Å². The molecule has 0 bridgehead atoms. The van der Waals surface area contributed by atoms with Crippen LogP contribution < -0.4 is 10.6 Å². The third-order valence-electron chi connectivity index (χ3n) is 5.14. The van der Waals surface area contributed by atoms with Gasteiger partial charge in [0.1, 0.15) is 0 Å². The molecule has 0 spiro atoms. The number of hydrogen-bond acceptors (Lipinski definition) is 3. The first-order valence-electron chi connectivity index (χ1n) is 10.3. The Kier molecular flexibility index (Phi) is 6.89. The van der Waals surface area contributed by atoms with Crippen LogP contribution in [0, 0.1) is 0 Å². The highest BCUT2D eigenvalue weighted by atomic mass is 31.2. The van der Waals surface area contributed by atoms with Gasteiger partial charge in [-0.05, 0) is 35.4 Å². The normalized spacial score (nSPS) is 14.4. The summed E-state index contributed by atoms with van der Waals surface area (Å²) in [6.07, 6.45) is -0.0863. The summed E-state index contributed by atoms with van der Waals surface area (Å²) < 4.78 is 34.5. The van der Waals surface area contributed by atoms with Gasteiger partial charge in [0, 0.05) is 10.6 Å². The summed E-state index contributed by atoms with van der Waals surface area (Å²) in [6, 6.07) is 35.7. The van der Waals surface area contributed by atoms with Gasteiger partial charge in [-0.1, -0.05) is 97.1 Å². The van der Waals surface area contributed by atoms with Gasteiger partial charge in [-0.3, -0.25) is 9.13 Å². The van der Waals surface area contributed by atoms with Crippen molar-refractivity contribution in [3.63, 3.8) is 0 Å². The average molecular weight is 462 g/mol. The molecule has 4 aromatic carbocycles. The zero-order valence-electron chi connectivity index (χ0n) is 17.4. The molecule has 6 heteroatoms. The first kappa shape index (κ1) is 22.5. The molecule has 0 aromatic heterocycles. The van der Waals surface area contributed by atoms with Crippen LogP contribution in [0.15, 0.2) is 121 Å². The van der Waals surface area contributed by atoms with Crippen LogP contribution in [0.4, 0.5) is 0 Å². The molecule has 162 valence electrons. The lowest BCUT2D eigenvalue weighted by Gasteiger charge is -2.29. The van der Waals surface area contributed by atoms with Gasteiger partial charge in [0.2, 0.25) is 7.37 Å². The maximum atomic E-state index is 14.4. The van der Waals surface area contributed by atoms with E-state index in [-0.39, 0.29) is 6.16 Å². The highest BCUT2D eigenvalue weighted by molar-refractivity contribution is 7.74. The van der Waals surface area contributed by atoms with Crippen molar-refractivity contribution in [1.29, 1.82) is 0 Å². The van der Waals surface area contributed by atoms with E-state index in [1.807, 2.05) is 36.4 Å². The Balaban J connectivity index is 1.82. The molecule has 0 aliphatic carbocycles. The van der Waals surface area contributed by atoms with E-state index >= 15 is 0 Å². The van der Waals surface area contributed by atoms with Gasteiger partial charge in [0.05, 0.1) is 6.16 Å². The average Bonchev–Trinajstić information content (AvgIpc) is 2.84. The van der Waals surface area contributed by atoms with Gasteiger partial charge in [-0.2, -0.15) is 0 Å². The van der Waals surface area contributed by atoms with Crippen molar-refractivity contribution < 1.29 is 18.5 Å². The summed E-state index contributed by atoms with van der Waals surface area (Å²) in [7, 11) is -7.66. The molecular weight excluding hydrogens is 438 g/mol. The van der Waals surface area contributed by atoms with Crippen molar-refractivity contribution in [3.8, 4) is 0 Å². The summed E-state index contributed by atoms with van der Waals surface area (Å²) in [6.45, 7) is 0. The van der Waals surface area contributed by atoms with Crippen molar-refractivity contribution in [2.24, 2.45) is 0 Å². The molecule has 0 aliphatic heterocycles. The fraction of sp³-hybridized carbons (Fsp3) is 0.0769. The predicted octanol–water partition coefficient (Wildman–Crippen LogP) is 6.10. The molecule has 0 saturated heterocycles. The molecular formula is C26H24O4P2. The predicted molar refractivity (Wildman–Crippen MR) is 130 cm³/mol. The van der Waals surface area contributed by atoms with Gasteiger partial charge in [-0.25, -0.2) is 0 Å². The summed E-state index contributed by atoms with van der Waals surface area (Å²) >= 11 is 0. The van der Waals surface area contributed by atoms with Crippen LogP contribution in [0.2, 0.25) is 0 Å². The van der Waals surface area contributed by atoms with E-state index in [9.17, 15) is 14.0 Å². The van der Waals surface area contributed by atoms with Gasteiger partial charge in [0.25, 0.3) is 7.37 Å². The SMILES string of the molecule is O=P(OC(c1ccccc1)P(=O)(O)Cc1ccccc1)(c1ccccc1)c1ccccc1. The Morgan fingerprint density at radius 1 is 0.625 bits per heavy atom. The molecule has 1 N–H and O–H groups in total. The number of hydrogen-bond donors (Lipinski definition) is 1. The summed E-state index contributed by atoms with van der Waals surface area (Å²) in [5.74, 6) is -1.25. The minimum absolute atomic E-state index is 0.0863. The van der Waals surface area contributed by atoms with Crippen molar-refractivity contribution >= 4 is 25.3 Å². The smallest absolute Gasteiger partial charge is 0.262 e. The lowest BCUT2D eigenvalue weighted by Crippen LogP contribution is -2.20. The molecule has 4 nitrogen and oxygen atoms in total. The lowest BCUT2D eigenvalue weighted by atomic mass is 10.2. The van der Waals surface area contributed by atoms with E-state index < -0.39 is 20.6 Å². The van der Waals surface area contributed by atoms with Gasteiger partial charge >= 0.3 is 0 Å². The van der Waals surface area contributed by atoms with E-state index in [0.717, 1.165) is 5.56 Å². The lowest BCUT2D eigenvalue weighted by molar-refractivity contribution is 0.268. The first-order valence-corrected chi connectivity index (χ1v) is 13.8. The minimum atomic E-state index is -3.98. The Bertz CT molecular complexity index is 1190. The second-order valence-electron chi connectivity index (χ2n) is 7.49. The second-order valence-corrected chi connectivity index (χ2v) is 12.1. The van der Waals surface area contributed by atoms with Crippen LogP contribution in [-0.4, -0.2) is 4.89 Å². The van der Waals surface area contributed by atoms with Gasteiger partial charge in [0.15, 0.2) is 5.85 Å². The zero-order chi connectivity index (χ0) is 22.4. The molecule has 0 aliphatic rings. The Morgan fingerprint density at radius 2 is 1.03 bits per heavy atom. The summed E-state index contributed by atoms with van der Waals surface area (Å²) in [5, 5.41) is 0.957. The molecule has 2 unspecified atom stereocenters. The zero-order valence-corrected chi connectivity index (χ0v) is 19.2. The van der Waals surface area contributed by atoms with E-state index in [0.29, 0.717) is 16.2 Å². The Labute approximate surface area is 188 Å². The molecule has 2 atom stereocenters. The third-order valence-corrected chi connectivity index (χ3v) is 9.73. The van der Waals surface area contributed by atoms with E-state index in [2.05, 4.69) is 0 Å². The van der Waals surface area contributed by atoms with Crippen LogP contribution in [0.3, 0.4) is 0 Å². The number of benzene rings is 4. The van der Waals surface area contributed by atoms with Gasteiger partial charge in [-0.15, -0.1) is 0 Å². The van der Waals surface area contributed by atoms with E-state index in [1.165, 1.54) is 0 Å². The highest BCUT2D eigenvalue weighted by Gasteiger charge is 2.41. The van der Waals surface area contributed by atoms with Crippen LogP contribution >= 0.6 is 14.7 Å². The quantitative estimate of drug-likeness (QED) is 0.321. The standard InChI is InChI=1S/C26H24O4P2/c27-31(28,21-22-13-5-1-6-14-22)26(23-15-7-2-8-16-23)30-32(29,24-17-9-3-10-18-24)25-19-11-4-12-20-25/h1-20,26H,21H2,(H,27,28). The number of rotatable bonds is 8. The molecule has 0 saturated carbocycles. The molecule has 4 rings (SSSR count). The van der Waals surface area contributed by atoms with Crippen LogP contribution in [0.1, 0.15) is 17.0 Å². The van der Waals surface area contributed by atoms with Crippen LogP contribution in [-0.2, 0) is 19.8 Å². The van der Waals surface area contributed by atoms with Crippen molar-refractivity contribution in [2.75, 3.05) is 0 Å². The molecule has 0 heterocycles. The first-order chi connectivity index (χ1) is 15.5. The molecule has 0 amide bonds. The maximum Gasteiger partial charge on any atom is 0.262 e. The molecule has 0 fully saturated rings. The maximum absolute atomic E-state index is 14.4. The van der Waals surface area contributed by atoms with Crippen molar-refractivity contribution in [3.05, 3.63) is 132 Å². The third kappa shape index (κ3) is 5.01. The minimum Gasteiger partial charge on any atom is -0.342 e. The van der Waals surface area contributed by atoms with E-state index in [1.54, 1.807) is 84.9 Å². The second kappa shape index (κ2) is 9.81. The Hall–Kier alpha value is -2.74. The molecule has 32 heavy (non-hydrogen) atoms.